The van der Waals surface area contributed by atoms with Gasteiger partial charge in [0.1, 0.15) is 12.2 Å². The lowest BCUT2D eigenvalue weighted by Gasteiger charge is -2.45. The zero-order valence-corrected chi connectivity index (χ0v) is 14.4. The van der Waals surface area contributed by atoms with E-state index in [9.17, 15) is 0 Å². The van der Waals surface area contributed by atoms with E-state index < -0.39 is 0 Å². The Labute approximate surface area is 136 Å². The Morgan fingerprint density at radius 1 is 1.41 bits per heavy atom. The quantitative estimate of drug-likeness (QED) is 0.663. The van der Waals surface area contributed by atoms with E-state index in [1.54, 1.807) is 11.0 Å². The molecule has 1 N–H and O–H groups in total. The number of nitrogens with one attached hydrogen (secondary N) is 1. The van der Waals surface area contributed by atoms with Gasteiger partial charge in [0.05, 0.1) is 6.54 Å². The third kappa shape index (κ3) is 3.39. The Hall–Kier alpha value is -1.24. The van der Waals surface area contributed by atoms with Crippen molar-refractivity contribution >= 4 is 17.7 Å². The van der Waals surface area contributed by atoms with E-state index in [-0.39, 0.29) is 0 Å². The van der Waals surface area contributed by atoms with Crippen molar-refractivity contribution in [3.63, 3.8) is 0 Å². The molecule has 7 heteroatoms. The maximum absolute atomic E-state index is 4.48. The monoisotopic (exact) mass is 322 g/mol. The molecule has 2 aliphatic rings. The number of guanidine groups is 1. The molecule has 0 bridgehead atoms. The van der Waals surface area contributed by atoms with E-state index in [0.29, 0.717) is 11.3 Å². The molecular formula is C15H26N6S. The Balaban J connectivity index is 1.62. The summed E-state index contributed by atoms with van der Waals surface area (Å²) in [5, 5.41) is 7.56. The molecule has 1 aromatic rings. The van der Waals surface area contributed by atoms with E-state index >= 15 is 0 Å². The number of nitrogens with zero attached hydrogens (tertiary/aromatic N) is 5. The van der Waals surface area contributed by atoms with Crippen LogP contribution in [0.2, 0.25) is 0 Å². The highest BCUT2D eigenvalue weighted by Crippen LogP contribution is 2.42. The van der Waals surface area contributed by atoms with Crippen LogP contribution in [-0.4, -0.2) is 56.3 Å². The van der Waals surface area contributed by atoms with E-state index in [2.05, 4.69) is 37.1 Å². The Kier molecular flexibility index (Phi) is 4.90. The van der Waals surface area contributed by atoms with Crippen LogP contribution in [0, 0.1) is 0 Å². The first-order chi connectivity index (χ1) is 10.7. The minimum absolute atomic E-state index is 0.457. The molecule has 1 saturated carbocycles. The number of aromatic nitrogens is 3. The van der Waals surface area contributed by atoms with Gasteiger partial charge >= 0.3 is 0 Å². The second kappa shape index (κ2) is 6.89. The van der Waals surface area contributed by atoms with Crippen molar-refractivity contribution in [3.05, 3.63) is 12.2 Å². The van der Waals surface area contributed by atoms with Gasteiger partial charge in [-0.25, -0.2) is 4.98 Å². The summed E-state index contributed by atoms with van der Waals surface area (Å²) in [7, 11) is 3.79. The molecule has 22 heavy (non-hydrogen) atoms. The predicted molar refractivity (Wildman–Crippen MR) is 91.0 cm³/mol. The maximum atomic E-state index is 4.48. The van der Waals surface area contributed by atoms with Crippen molar-refractivity contribution in [2.75, 3.05) is 25.9 Å². The molecule has 1 spiro atoms. The number of thioether (sulfide) groups is 1. The topological polar surface area (TPSA) is 58.3 Å². The predicted octanol–water partition coefficient (Wildman–Crippen LogP) is 1.64. The molecule has 1 aliphatic carbocycles. The van der Waals surface area contributed by atoms with Gasteiger partial charge in [-0.3, -0.25) is 9.67 Å². The zero-order chi connectivity index (χ0) is 15.4. The van der Waals surface area contributed by atoms with E-state index in [4.69, 9.17) is 0 Å². The molecule has 0 aromatic carbocycles. The average Bonchev–Trinajstić information content (AvgIpc) is 2.94. The summed E-state index contributed by atoms with van der Waals surface area (Å²) in [6, 6.07) is 0. The first kappa shape index (κ1) is 15.6. The van der Waals surface area contributed by atoms with Gasteiger partial charge in [-0.15, -0.1) is 0 Å². The molecule has 3 rings (SSSR count). The van der Waals surface area contributed by atoms with Crippen molar-refractivity contribution in [2.45, 2.75) is 43.4 Å². The van der Waals surface area contributed by atoms with Crippen molar-refractivity contribution in [3.8, 4) is 0 Å². The smallest absolute Gasteiger partial charge is 0.194 e. The fourth-order valence-corrected chi connectivity index (χ4v) is 5.06. The van der Waals surface area contributed by atoms with Crippen LogP contribution in [0.15, 0.2) is 11.3 Å². The number of aryl methyl sites for hydroxylation is 1. The van der Waals surface area contributed by atoms with Crippen LogP contribution < -0.4 is 5.32 Å². The molecule has 0 unspecified atom stereocenters. The van der Waals surface area contributed by atoms with E-state index in [1.165, 1.54) is 37.9 Å². The Bertz CT molecular complexity index is 514. The van der Waals surface area contributed by atoms with Gasteiger partial charge in [0.2, 0.25) is 0 Å². The van der Waals surface area contributed by atoms with Crippen LogP contribution in [0.25, 0.3) is 0 Å². The molecule has 1 aliphatic heterocycles. The van der Waals surface area contributed by atoms with Crippen molar-refractivity contribution in [1.82, 2.24) is 25.0 Å². The highest BCUT2D eigenvalue weighted by Gasteiger charge is 2.38. The summed E-state index contributed by atoms with van der Waals surface area (Å²) in [4.78, 5) is 11.2. The SMILES string of the molecule is CN=C(NCc1ncnn1C)N1CCSC2(CCCCC2)C1. The second-order valence-corrected chi connectivity index (χ2v) is 7.78. The lowest BCUT2D eigenvalue weighted by Crippen LogP contribution is -2.53. The van der Waals surface area contributed by atoms with Gasteiger partial charge < -0.3 is 10.2 Å². The van der Waals surface area contributed by atoms with Gasteiger partial charge in [-0.1, -0.05) is 19.3 Å². The minimum atomic E-state index is 0.457. The molecule has 6 nitrogen and oxygen atoms in total. The van der Waals surface area contributed by atoms with Crippen molar-refractivity contribution in [2.24, 2.45) is 12.0 Å². The Morgan fingerprint density at radius 3 is 2.91 bits per heavy atom. The third-order valence-electron chi connectivity index (χ3n) is 4.73. The molecule has 1 aromatic heterocycles. The number of rotatable bonds is 2. The van der Waals surface area contributed by atoms with Crippen LogP contribution in [0.4, 0.5) is 0 Å². The minimum Gasteiger partial charge on any atom is -0.349 e. The number of hydrogen-bond acceptors (Lipinski definition) is 4. The van der Waals surface area contributed by atoms with Crippen LogP contribution in [0.5, 0.6) is 0 Å². The molecule has 2 heterocycles. The normalized spacial score (nSPS) is 22.1. The summed E-state index contributed by atoms with van der Waals surface area (Å²) < 4.78 is 2.26. The average molecular weight is 322 g/mol. The van der Waals surface area contributed by atoms with Gasteiger partial charge in [-0.2, -0.15) is 16.9 Å². The van der Waals surface area contributed by atoms with E-state index in [0.717, 1.165) is 24.9 Å². The molecule has 0 atom stereocenters. The summed E-state index contributed by atoms with van der Waals surface area (Å²) in [6.07, 6.45) is 8.47. The molecule has 122 valence electrons. The van der Waals surface area contributed by atoms with Crippen LogP contribution in [0.1, 0.15) is 37.9 Å². The van der Waals surface area contributed by atoms with Crippen molar-refractivity contribution < 1.29 is 0 Å². The van der Waals surface area contributed by atoms with Gasteiger partial charge in [0, 0.05) is 37.7 Å². The largest absolute Gasteiger partial charge is 0.349 e. The molecule has 0 amide bonds. The number of hydrogen-bond donors (Lipinski definition) is 1. The summed E-state index contributed by atoms with van der Waals surface area (Å²) in [6.45, 7) is 2.86. The molecule has 0 radical (unpaired) electrons. The van der Waals surface area contributed by atoms with E-state index in [1.807, 2.05) is 14.1 Å². The summed E-state index contributed by atoms with van der Waals surface area (Å²) in [5.74, 6) is 3.12. The Morgan fingerprint density at radius 2 is 2.23 bits per heavy atom. The standard InChI is InChI=1S/C15H26N6S/c1-16-14(17-10-13-18-12-19-20(13)2)21-8-9-22-15(11-21)6-4-3-5-7-15/h12H,3-11H2,1-2H3,(H,16,17). The fraction of sp³-hybridized carbons (Fsp3) is 0.800. The summed E-state index contributed by atoms with van der Waals surface area (Å²) in [5.41, 5.74) is 0. The van der Waals surface area contributed by atoms with Crippen LogP contribution >= 0.6 is 11.8 Å². The fourth-order valence-electron chi connectivity index (χ4n) is 3.49. The van der Waals surface area contributed by atoms with Crippen LogP contribution in [-0.2, 0) is 13.6 Å². The maximum Gasteiger partial charge on any atom is 0.194 e. The highest BCUT2D eigenvalue weighted by atomic mass is 32.2. The zero-order valence-electron chi connectivity index (χ0n) is 13.6. The van der Waals surface area contributed by atoms with Crippen molar-refractivity contribution in [1.29, 1.82) is 0 Å². The van der Waals surface area contributed by atoms with Gasteiger partial charge in [0.15, 0.2) is 5.96 Å². The lowest BCUT2D eigenvalue weighted by atomic mass is 9.87. The van der Waals surface area contributed by atoms with Gasteiger partial charge in [0.25, 0.3) is 0 Å². The lowest BCUT2D eigenvalue weighted by molar-refractivity contribution is 0.293. The van der Waals surface area contributed by atoms with Gasteiger partial charge in [-0.05, 0) is 12.8 Å². The number of aliphatic imine (C=N–C) groups is 1. The second-order valence-electron chi connectivity index (χ2n) is 6.21. The third-order valence-corrected chi connectivity index (χ3v) is 6.27. The molecule has 1 saturated heterocycles. The van der Waals surface area contributed by atoms with Crippen LogP contribution in [0.3, 0.4) is 0 Å². The highest BCUT2D eigenvalue weighted by molar-refractivity contribution is 8.00. The molecule has 2 fully saturated rings. The molecular weight excluding hydrogens is 296 g/mol. The summed E-state index contributed by atoms with van der Waals surface area (Å²) >= 11 is 2.19. The first-order valence-corrected chi connectivity index (χ1v) is 9.13. The first-order valence-electron chi connectivity index (χ1n) is 8.15.